The number of hydrogen-bond donors (Lipinski definition) is 0. The largest absolute Gasteiger partial charge is 0.493 e. The SMILES string of the molecule is [B]C1CC(=O)CC2N(C)CC[C@]12c1ccc(OC)c(OC)c1. The third-order valence-electron chi connectivity index (χ3n) is 5.46. The van der Waals surface area contributed by atoms with Gasteiger partial charge in [0.2, 0.25) is 0 Å². The average Bonchev–Trinajstić information content (AvgIpc) is 2.85. The second-order valence-corrected chi connectivity index (χ2v) is 6.41. The van der Waals surface area contributed by atoms with Crippen LogP contribution in [-0.2, 0) is 10.2 Å². The fourth-order valence-corrected chi connectivity index (χ4v) is 4.25. The Morgan fingerprint density at radius 1 is 1.23 bits per heavy atom. The Bertz CT molecular complexity index is 591. The molecule has 1 aromatic carbocycles. The van der Waals surface area contributed by atoms with Gasteiger partial charge in [-0.3, -0.25) is 4.79 Å². The van der Waals surface area contributed by atoms with Crippen LogP contribution < -0.4 is 9.47 Å². The van der Waals surface area contributed by atoms with Crippen LogP contribution in [0.25, 0.3) is 0 Å². The molecule has 1 saturated carbocycles. The predicted molar refractivity (Wildman–Crippen MR) is 86.0 cm³/mol. The van der Waals surface area contributed by atoms with Crippen LogP contribution >= 0.6 is 0 Å². The van der Waals surface area contributed by atoms with E-state index in [1.165, 1.54) is 0 Å². The van der Waals surface area contributed by atoms with Crippen LogP contribution in [0.3, 0.4) is 0 Å². The van der Waals surface area contributed by atoms with Crippen molar-refractivity contribution in [1.82, 2.24) is 4.90 Å². The lowest BCUT2D eigenvalue weighted by Crippen LogP contribution is -2.49. The standard InChI is InChI=1S/C17H22BNO3/c1-19-7-6-17(15(18)9-12(20)10-16(17)19)11-4-5-13(21-2)14(8-11)22-3/h4-5,8,15-16H,6-7,9-10H2,1-3H3/t15?,16?,17-/m0/s1. The van der Waals surface area contributed by atoms with Crippen LogP contribution in [0.1, 0.15) is 24.8 Å². The van der Waals surface area contributed by atoms with Gasteiger partial charge in [-0.05, 0) is 37.7 Å². The molecule has 0 amide bonds. The number of ketones is 1. The molecular weight excluding hydrogens is 277 g/mol. The summed E-state index contributed by atoms with van der Waals surface area (Å²) in [4.78, 5) is 14.3. The number of fused-ring (bicyclic) bond motifs is 1. The summed E-state index contributed by atoms with van der Waals surface area (Å²) >= 11 is 0. The van der Waals surface area contributed by atoms with Crippen molar-refractivity contribution in [2.75, 3.05) is 27.8 Å². The van der Waals surface area contributed by atoms with Gasteiger partial charge in [0.1, 0.15) is 5.78 Å². The van der Waals surface area contributed by atoms with E-state index in [1.807, 2.05) is 12.1 Å². The number of rotatable bonds is 3. The molecule has 4 nitrogen and oxygen atoms in total. The van der Waals surface area contributed by atoms with Crippen LogP contribution in [0.2, 0.25) is 5.82 Å². The molecule has 3 rings (SSSR count). The number of likely N-dealkylation sites (tertiary alicyclic amines) is 1. The van der Waals surface area contributed by atoms with Gasteiger partial charge in [0.25, 0.3) is 0 Å². The molecule has 3 atom stereocenters. The Hall–Kier alpha value is -1.49. The van der Waals surface area contributed by atoms with Crippen molar-refractivity contribution in [2.24, 2.45) is 0 Å². The van der Waals surface area contributed by atoms with E-state index >= 15 is 0 Å². The van der Waals surface area contributed by atoms with E-state index in [0.29, 0.717) is 24.3 Å². The van der Waals surface area contributed by atoms with Crippen molar-refractivity contribution < 1.29 is 14.3 Å². The van der Waals surface area contributed by atoms with Crippen molar-refractivity contribution in [3.63, 3.8) is 0 Å². The fourth-order valence-electron chi connectivity index (χ4n) is 4.25. The molecular formula is C17H22BNO3. The summed E-state index contributed by atoms with van der Waals surface area (Å²) in [6, 6.07) is 6.20. The maximum Gasteiger partial charge on any atom is 0.161 e. The third-order valence-corrected chi connectivity index (χ3v) is 5.46. The number of ether oxygens (including phenoxy) is 2. The number of carbonyl (C=O) groups is 1. The summed E-state index contributed by atoms with van der Waals surface area (Å²) in [5.41, 5.74) is 0.974. The molecule has 2 unspecified atom stereocenters. The zero-order valence-corrected chi connectivity index (χ0v) is 13.5. The zero-order valence-electron chi connectivity index (χ0n) is 13.5. The number of methoxy groups -OCH3 is 2. The van der Waals surface area contributed by atoms with Crippen LogP contribution in [-0.4, -0.2) is 52.4 Å². The molecule has 1 aliphatic carbocycles. The van der Waals surface area contributed by atoms with Crippen LogP contribution in [0.5, 0.6) is 11.5 Å². The Labute approximate surface area is 133 Å². The average molecular weight is 299 g/mol. The van der Waals surface area contributed by atoms with Crippen LogP contribution in [0.15, 0.2) is 18.2 Å². The minimum absolute atomic E-state index is 0.151. The molecule has 2 radical (unpaired) electrons. The number of Topliss-reactive ketones (excluding diaryl/α,β-unsaturated/α-hetero) is 1. The smallest absolute Gasteiger partial charge is 0.161 e. The molecule has 2 fully saturated rings. The number of nitrogens with zero attached hydrogens (tertiary/aromatic N) is 1. The summed E-state index contributed by atoms with van der Waals surface area (Å²) in [5.74, 6) is 1.54. The van der Waals surface area contributed by atoms with E-state index in [4.69, 9.17) is 17.3 Å². The first-order valence-corrected chi connectivity index (χ1v) is 7.73. The molecule has 5 heteroatoms. The van der Waals surface area contributed by atoms with Gasteiger partial charge in [0.15, 0.2) is 11.5 Å². The number of likely N-dealkylation sites (N-methyl/N-ethyl adjacent to an activating group) is 1. The van der Waals surface area contributed by atoms with Gasteiger partial charge >= 0.3 is 0 Å². The van der Waals surface area contributed by atoms with Crippen LogP contribution in [0, 0.1) is 0 Å². The summed E-state index contributed by atoms with van der Waals surface area (Å²) in [6.07, 6.45) is 2.01. The fraction of sp³-hybridized carbons (Fsp3) is 0.588. The van der Waals surface area contributed by atoms with Gasteiger partial charge in [-0.25, -0.2) is 0 Å². The number of benzene rings is 1. The van der Waals surface area contributed by atoms with Crippen molar-refractivity contribution in [3.8, 4) is 11.5 Å². The van der Waals surface area contributed by atoms with Crippen molar-refractivity contribution in [2.45, 2.75) is 36.5 Å². The lowest BCUT2D eigenvalue weighted by atomic mass is 9.53. The van der Waals surface area contributed by atoms with E-state index in [9.17, 15) is 4.79 Å². The maximum atomic E-state index is 12.0. The van der Waals surface area contributed by atoms with E-state index < -0.39 is 0 Å². The van der Waals surface area contributed by atoms with Gasteiger partial charge < -0.3 is 14.4 Å². The van der Waals surface area contributed by atoms with Gasteiger partial charge in [-0.1, -0.05) is 11.9 Å². The van der Waals surface area contributed by atoms with Crippen molar-refractivity contribution in [3.05, 3.63) is 23.8 Å². The van der Waals surface area contributed by atoms with Gasteiger partial charge in [-0.15, -0.1) is 0 Å². The van der Waals surface area contributed by atoms with E-state index in [0.717, 1.165) is 18.5 Å². The van der Waals surface area contributed by atoms with Gasteiger partial charge in [-0.2, -0.15) is 0 Å². The Morgan fingerprint density at radius 3 is 2.64 bits per heavy atom. The first kappa shape index (κ1) is 15.4. The van der Waals surface area contributed by atoms with Gasteiger partial charge in [0.05, 0.1) is 22.1 Å². The van der Waals surface area contributed by atoms with Gasteiger partial charge in [0, 0.05) is 24.3 Å². The monoisotopic (exact) mass is 299 g/mol. The summed E-state index contributed by atoms with van der Waals surface area (Å²) in [5, 5.41) is 0. The minimum atomic E-state index is -0.178. The highest BCUT2D eigenvalue weighted by atomic mass is 16.5. The lowest BCUT2D eigenvalue weighted by Gasteiger charge is -2.46. The molecule has 0 spiro atoms. The maximum absolute atomic E-state index is 12.0. The van der Waals surface area contributed by atoms with Crippen molar-refractivity contribution in [1.29, 1.82) is 0 Å². The van der Waals surface area contributed by atoms with E-state index in [-0.39, 0.29) is 23.1 Å². The molecule has 22 heavy (non-hydrogen) atoms. The highest BCUT2D eigenvalue weighted by molar-refractivity contribution is 6.15. The predicted octanol–water partition coefficient (Wildman–Crippen LogP) is 1.97. The number of carbonyl (C=O) groups excluding carboxylic acids is 1. The Balaban J connectivity index is 2.09. The highest BCUT2D eigenvalue weighted by Crippen LogP contribution is 2.53. The molecule has 116 valence electrons. The molecule has 1 aliphatic heterocycles. The van der Waals surface area contributed by atoms with Crippen LogP contribution in [0.4, 0.5) is 0 Å². The summed E-state index contributed by atoms with van der Waals surface area (Å²) in [6.45, 7) is 0.958. The van der Waals surface area contributed by atoms with Crippen molar-refractivity contribution >= 4 is 13.6 Å². The summed E-state index contributed by atoms with van der Waals surface area (Å²) in [7, 11) is 11.8. The lowest BCUT2D eigenvalue weighted by molar-refractivity contribution is -0.122. The third kappa shape index (κ3) is 2.14. The molecule has 0 bridgehead atoms. The second kappa shape index (κ2) is 5.62. The quantitative estimate of drug-likeness (QED) is 0.800. The zero-order chi connectivity index (χ0) is 15.9. The first-order valence-electron chi connectivity index (χ1n) is 7.73. The normalized spacial score (nSPS) is 31.9. The Morgan fingerprint density at radius 2 is 1.95 bits per heavy atom. The highest BCUT2D eigenvalue weighted by Gasteiger charge is 2.53. The Kier molecular flexibility index (Phi) is 3.93. The first-order chi connectivity index (χ1) is 10.5. The molecule has 1 heterocycles. The van der Waals surface area contributed by atoms with E-state index in [2.05, 4.69) is 18.0 Å². The topological polar surface area (TPSA) is 38.8 Å². The molecule has 0 aromatic heterocycles. The minimum Gasteiger partial charge on any atom is -0.493 e. The second-order valence-electron chi connectivity index (χ2n) is 6.41. The molecule has 0 N–H and O–H groups in total. The number of hydrogen-bond acceptors (Lipinski definition) is 4. The molecule has 1 aromatic rings. The summed E-state index contributed by atoms with van der Waals surface area (Å²) < 4.78 is 10.8. The molecule has 1 saturated heterocycles. The molecule has 2 aliphatic rings. The van der Waals surface area contributed by atoms with E-state index in [1.54, 1.807) is 14.2 Å².